The number of nitrogens with one attached hydrogen (secondary N) is 1. The number of rotatable bonds is 4. The summed E-state index contributed by atoms with van der Waals surface area (Å²) in [6, 6.07) is 8.86. The molecule has 0 spiro atoms. The van der Waals surface area contributed by atoms with Crippen LogP contribution in [0.5, 0.6) is 5.75 Å². The first-order valence-electron chi connectivity index (χ1n) is 7.95. The molecule has 1 unspecified atom stereocenters. The van der Waals surface area contributed by atoms with Crippen molar-refractivity contribution in [3.63, 3.8) is 0 Å². The van der Waals surface area contributed by atoms with Crippen LogP contribution in [0.25, 0.3) is 0 Å². The van der Waals surface area contributed by atoms with Gasteiger partial charge in [-0.3, -0.25) is 0 Å². The number of thioether (sulfide) groups is 1. The minimum atomic E-state index is -0.0895. The summed E-state index contributed by atoms with van der Waals surface area (Å²) in [5.74, 6) is 3.61. The maximum absolute atomic E-state index is 6.09. The van der Waals surface area contributed by atoms with Crippen molar-refractivity contribution in [3.8, 4) is 5.75 Å². The van der Waals surface area contributed by atoms with Crippen LogP contribution >= 0.6 is 11.8 Å². The molecule has 4 heteroatoms. The van der Waals surface area contributed by atoms with E-state index >= 15 is 0 Å². The largest absolute Gasteiger partial charge is 0.487 e. The molecule has 2 aliphatic heterocycles. The van der Waals surface area contributed by atoms with Gasteiger partial charge in [0, 0.05) is 55.7 Å². The lowest BCUT2D eigenvalue weighted by Gasteiger charge is -2.38. The SMILES string of the molecule is CC1(C)CC(NCCN2CCSCC2)c2ccccc2O1. The molecule has 0 aliphatic carbocycles. The fourth-order valence-corrected chi connectivity index (χ4v) is 4.18. The Kier molecular flexibility index (Phi) is 4.77. The van der Waals surface area contributed by atoms with E-state index in [9.17, 15) is 0 Å². The molecule has 0 saturated carbocycles. The fraction of sp³-hybridized carbons (Fsp3) is 0.647. The zero-order chi connectivity index (χ0) is 14.7. The minimum absolute atomic E-state index is 0.0895. The van der Waals surface area contributed by atoms with Crippen molar-refractivity contribution in [2.45, 2.75) is 31.9 Å². The molecule has 116 valence electrons. The van der Waals surface area contributed by atoms with E-state index in [0.29, 0.717) is 6.04 Å². The number of hydrogen-bond donors (Lipinski definition) is 1. The number of nitrogens with zero attached hydrogens (tertiary/aromatic N) is 1. The Bertz CT molecular complexity index is 472. The second-order valence-corrected chi connectivity index (χ2v) is 7.79. The lowest BCUT2D eigenvalue weighted by Crippen LogP contribution is -2.42. The van der Waals surface area contributed by atoms with Crippen LogP contribution < -0.4 is 10.1 Å². The van der Waals surface area contributed by atoms with Crippen molar-refractivity contribution >= 4 is 11.8 Å². The molecule has 2 heterocycles. The molecule has 1 atom stereocenters. The van der Waals surface area contributed by atoms with Crippen LogP contribution in [-0.2, 0) is 0 Å². The topological polar surface area (TPSA) is 24.5 Å². The third kappa shape index (κ3) is 3.93. The molecule has 3 nitrogen and oxygen atoms in total. The van der Waals surface area contributed by atoms with Crippen LogP contribution in [0.4, 0.5) is 0 Å². The van der Waals surface area contributed by atoms with E-state index in [-0.39, 0.29) is 5.60 Å². The highest BCUT2D eigenvalue weighted by atomic mass is 32.2. The lowest BCUT2D eigenvalue weighted by molar-refractivity contribution is 0.0656. The van der Waals surface area contributed by atoms with Crippen LogP contribution in [0.3, 0.4) is 0 Å². The summed E-state index contributed by atoms with van der Waals surface area (Å²) in [4.78, 5) is 2.57. The molecule has 1 N–H and O–H groups in total. The van der Waals surface area contributed by atoms with Crippen LogP contribution in [0.2, 0.25) is 0 Å². The smallest absolute Gasteiger partial charge is 0.124 e. The number of fused-ring (bicyclic) bond motifs is 1. The van der Waals surface area contributed by atoms with Gasteiger partial charge in [-0.1, -0.05) is 18.2 Å². The van der Waals surface area contributed by atoms with Crippen molar-refractivity contribution in [1.29, 1.82) is 0 Å². The van der Waals surface area contributed by atoms with Crippen molar-refractivity contribution < 1.29 is 4.74 Å². The summed E-state index contributed by atoms with van der Waals surface area (Å²) in [5.41, 5.74) is 1.22. The Labute approximate surface area is 132 Å². The quantitative estimate of drug-likeness (QED) is 0.924. The summed E-state index contributed by atoms with van der Waals surface area (Å²) in [7, 11) is 0. The Morgan fingerprint density at radius 2 is 2.05 bits per heavy atom. The van der Waals surface area contributed by atoms with Crippen molar-refractivity contribution in [2.24, 2.45) is 0 Å². The van der Waals surface area contributed by atoms with Gasteiger partial charge in [0.25, 0.3) is 0 Å². The summed E-state index contributed by atoms with van der Waals surface area (Å²) < 4.78 is 6.09. The first-order chi connectivity index (χ1) is 10.1. The Balaban J connectivity index is 1.59. The van der Waals surface area contributed by atoms with Crippen LogP contribution in [0.1, 0.15) is 31.9 Å². The van der Waals surface area contributed by atoms with E-state index < -0.39 is 0 Å². The summed E-state index contributed by atoms with van der Waals surface area (Å²) in [6.07, 6.45) is 1.03. The van der Waals surface area contributed by atoms with Gasteiger partial charge >= 0.3 is 0 Å². The van der Waals surface area contributed by atoms with Gasteiger partial charge in [-0.15, -0.1) is 0 Å². The molecule has 2 aliphatic rings. The van der Waals surface area contributed by atoms with Gasteiger partial charge < -0.3 is 15.0 Å². The molecule has 0 aromatic heterocycles. The number of benzene rings is 1. The number of hydrogen-bond acceptors (Lipinski definition) is 4. The molecule has 0 radical (unpaired) electrons. The third-order valence-corrected chi connectivity index (χ3v) is 5.24. The predicted octanol–water partition coefficient (Wildman–Crippen LogP) is 2.93. The maximum atomic E-state index is 6.09. The van der Waals surface area contributed by atoms with Gasteiger partial charge in [0.05, 0.1) is 0 Å². The summed E-state index contributed by atoms with van der Waals surface area (Å²) >= 11 is 2.07. The van der Waals surface area contributed by atoms with E-state index in [0.717, 1.165) is 25.3 Å². The van der Waals surface area contributed by atoms with Crippen molar-refractivity contribution in [1.82, 2.24) is 10.2 Å². The van der Waals surface area contributed by atoms with Crippen molar-refractivity contribution in [2.75, 3.05) is 37.7 Å². The van der Waals surface area contributed by atoms with E-state index in [1.807, 2.05) is 0 Å². The van der Waals surface area contributed by atoms with Crippen LogP contribution in [0, 0.1) is 0 Å². The van der Waals surface area contributed by atoms with Gasteiger partial charge in [0.1, 0.15) is 11.4 Å². The average Bonchev–Trinajstić information content (AvgIpc) is 2.47. The third-order valence-electron chi connectivity index (χ3n) is 4.30. The number of para-hydroxylation sites is 1. The highest BCUT2D eigenvalue weighted by Gasteiger charge is 2.33. The Morgan fingerprint density at radius 1 is 1.29 bits per heavy atom. The number of ether oxygens (including phenoxy) is 1. The zero-order valence-corrected chi connectivity index (χ0v) is 13.9. The molecule has 0 bridgehead atoms. The van der Waals surface area contributed by atoms with Crippen LogP contribution in [-0.4, -0.2) is 48.2 Å². The van der Waals surface area contributed by atoms with Gasteiger partial charge in [0.2, 0.25) is 0 Å². The van der Waals surface area contributed by atoms with Gasteiger partial charge in [-0.05, 0) is 19.9 Å². The molecule has 3 rings (SSSR count). The maximum Gasteiger partial charge on any atom is 0.124 e. The zero-order valence-electron chi connectivity index (χ0n) is 13.1. The summed E-state index contributed by atoms with van der Waals surface area (Å²) in [5, 5.41) is 3.75. The molecule has 1 aromatic rings. The normalized spacial score (nSPS) is 25.1. The van der Waals surface area contributed by atoms with E-state index in [2.05, 4.69) is 60.1 Å². The first kappa shape index (κ1) is 15.2. The molecule has 1 fully saturated rings. The monoisotopic (exact) mass is 306 g/mol. The van der Waals surface area contributed by atoms with Crippen LogP contribution in [0.15, 0.2) is 24.3 Å². The highest BCUT2D eigenvalue weighted by molar-refractivity contribution is 7.99. The molecule has 0 amide bonds. The standard InChI is InChI=1S/C17H26N2OS/c1-17(2)13-15(14-5-3-4-6-16(14)20-17)18-7-8-19-9-11-21-12-10-19/h3-6,15,18H,7-13H2,1-2H3. The highest BCUT2D eigenvalue weighted by Crippen LogP contribution is 2.38. The lowest BCUT2D eigenvalue weighted by atomic mass is 9.90. The fourth-order valence-electron chi connectivity index (χ4n) is 3.21. The minimum Gasteiger partial charge on any atom is -0.487 e. The molecule has 1 saturated heterocycles. The molecule has 1 aromatic carbocycles. The molecule has 21 heavy (non-hydrogen) atoms. The first-order valence-corrected chi connectivity index (χ1v) is 9.11. The van der Waals surface area contributed by atoms with E-state index in [1.54, 1.807) is 0 Å². The Hall–Kier alpha value is -0.710. The van der Waals surface area contributed by atoms with E-state index in [1.165, 1.54) is 30.2 Å². The molecular weight excluding hydrogens is 280 g/mol. The predicted molar refractivity (Wildman–Crippen MR) is 90.3 cm³/mol. The van der Waals surface area contributed by atoms with Crippen molar-refractivity contribution in [3.05, 3.63) is 29.8 Å². The summed E-state index contributed by atoms with van der Waals surface area (Å²) in [6.45, 7) is 9.05. The molecular formula is C17H26N2OS. The van der Waals surface area contributed by atoms with Gasteiger partial charge in [0.15, 0.2) is 0 Å². The van der Waals surface area contributed by atoms with E-state index in [4.69, 9.17) is 4.74 Å². The second kappa shape index (κ2) is 6.59. The Morgan fingerprint density at radius 3 is 2.86 bits per heavy atom. The van der Waals surface area contributed by atoms with Gasteiger partial charge in [-0.25, -0.2) is 0 Å². The second-order valence-electron chi connectivity index (χ2n) is 6.56. The van der Waals surface area contributed by atoms with Gasteiger partial charge in [-0.2, -0.15) is 11.8 Å². The average molecular weight is 306 g/mol.